The summed E-state index contributed by atoms with van der Waals surface area (Å²) in [5.74, 6) is 0.537. The van der Waals surface area contributed by atoms with Gasteiger partial charge in [-0.2, -0.15) is 5.10 Å². The fraction of sp³-hybridized carbons (Fsp3) is 0.600. The zero-order valence-electron chi connectivity index (χ0n) is 12.9. The third-order valence-electron chi connectivity index (χ3n) is 4.26. The Balaban J connectivity index is 1.47. The van der Waals surface area contributed by atoms with Crippen molar-refractivity contribution in [2.24, 2.45) is 5.92 Å². The van der Waals surface area contributed by atoms with E-state index in [0.717, 1.165) is 51.3 Å². The van der Waals surface area contributed by atoms with Gasteiger partial charge in [-0.25, -0.2) is 4.68 Å². The van der Waals surface area contributed by atoms with Crippen LogP contribution < -0.4 is 5.56 Å². The predicted molar refractivity (Wildman–Crippen MR) is 82.4 cm³/mol. The summed E-state index contributed by atoms with van der Waals surface area (Å²) in [6.45, 7) is 6.67. The highest BCUT2D eigenvalue weighted by molar-refractivity contribution is 4.97. The Morgan fingerprint density at radius 2 is 2.05 bits per heavy atom. The molecular weight excluding hydrogens is 280 g/mol. The molecule has 1 fully saturated rings. The zero-order valence-corrected chi connectivity index (χ0v) is 12.9. The minimum absolute atomic E-state index is 0.000730. The molecular formula is C15H22N6O. The van der Waals surface area contributed by atoms with E-state index < -0.39 is 0 Å². The molecule has 0 aliphatic carbocycles. The minimum atomic E-state index is -0.000730. The Bertz CT molecular complexity index is 642. The van der Waals surface area contributed by atoms with Crippen molar-refractivity contribution in [3.05, 3.63) is 40.6 Å². The van der Waals surface area contributed by atoms with Crippen molar-refractivity contribution in [3.8, 4) is 0 Å². The van der Waals surface area contributed by atoms with Crippen molar-refractivity contribution < 1.29 is 0 Å². The fourth-order valence-electron chi connectivity index (χ4n) is 2.91. The van der Waals surface area contributed by atoms with Crippen molar-refractivity contribution in [2.45, 2.75) is 32.9 Å². The molecule has 0 aromatic carbocycles. The van der Waals surface area contributed by atoms with Gasteiger partial charge in [0.05, 0.1) is 18.4 Å². The standard InChI is InChI=1S/C15H22N6O/c1-13-2-3-15(22)21(17-13)12-14-4-7-19(8-5-14)10-11-20-9-6-16-18-20/h2-3,6,9,14H,4-5,7-8,10-12H2,1H3. The molecule has 2 aromatic rings. The molecule has 1 aliphatic rings. The topological polar surface area (TPSA) is 68.8 Å². The second-order valence-electron chi connectivity index (χ2n) is 5.95. The lowest BCUT2D eigenvalue weighted by atomic mass is 9.97. The Labute approximate surface area is 129 Å². The van der Waals surface area contributed by atoms with Gasteiger partial charge in [0.15, 0.2) is 0 Å². The Hall–Kier alpha value is -2.02. The molecule has 3 rings (SSSR count). The van der Waals surface area contributed by atoms with E-state index in [2.05, 4.69) is 20.3 Å². The Morgan fingerprint density at radius 3 is 2.77 bits per heavy atom. The summed E-state index contributed by atoms with van der Waals surface area (Å²) in [5.41, 5.74) is 0.893. The summed E-state index contributed by atoms with van der Waals surface area (Å²) in [5, 5.41) is 12.1. The second kappa shape index (κ2) is 6.83. The zero-order chi connectivity index (χ0) is 15.4. The molecule has 0 radical (unpaired) electrons. The second-order valence-corrected chi connectivity index (χ2v) is 5.95. The molecule has 3 heterocycles. The maximum atomic E-state index is 11.8. The lowest BCUT2D eigenvalue weighted by molar-refractivity contribution is 0.163. The molecule has 7 nitrogen and oxygen atoms in total. The van der Waals surface area contributed by atoms with Gasteiger partial charge in [-0.15, -0.1) is 5.10 Å². The first-order valence-electron chi connectivity index (χ1n) is 7.82. The van der Waals surface area contributed by atoms with Gasteiger partial charge in [-0.05, 0) is 44.8 Å². The van der Waals surface area contributed by atoms with Gasteiger partial charge in [-0.1, -0.05) is 5.21 Å². The highest BCUT2D eigenvalue weighted by Gasteiger charge is 2.20. The first kappa shape index (κ1) is 14.9. The van der Waals surface area contributed by atoms with Gasteiger partial charge in [0.25, 0.3) is 5.56 Å². The third kappa shape index (κ3) is 3.79. The van der Waals surface area contributed by atoms with Crippen LogP contribution in [0.2, 0.25) is 0 Å². The lowest BCUT2D eigenvalue weighted by Crippen LogP contribution is -2.38. The molecule has 1 aliphatic heterocycles. The van der Waals surface area contributed by atoms with E-state index in [4.69, 9.17) is 0 Å². The first-order valence-corrected chi connectivity index (χ1v) is 7.82. The van der Waals surface area contributed by atoms with Crippen LogP contribution in [0.15, 0.2) is 29.3 Å². The van der Waals surface area contributed by atoms with E-state index >= 15 is 0 Å². The van der Waals surface area contributed by atoms with E-state index in [1.54, 1.807) is 23.0 Å². The highest BCUT2D eigenvalue weighted by Crippen LogP contribution is 2.18. The van der Waals surface area contributed by atoms with Crippen molar-refractivity contribution >= 4 is 0 Å². The van der Waals surface area contributed by atoms with E-state index in [1.165, 1.54) is 0 Å². The molecule has 1 saturated heterocycles. The van der Waals surface area contributed by atoms with Gasteiger partial charge < -0.3 is 4.90 Å². The van der Waals surface area contributed by atoms with Crippen molar-refractivity contribution in [1.82, 2.24) is 29.7 Å². The fourth-order valence-corrected chi connectivity index (χ4v) is 2.91. The van der Waals surface area contributed by atoms with Crippen LogP contribution in [0.25, 0.3) is 0 Å². The summed E-state index contributed by atoms with van der Waals surface area (Å²) in [6.07, 6.45) is 5.82. The molecule has 0 bridgehead atoms. The highest BCUT2D eigenvalue weighted by atomic mass is 16.1. The summed E-state index contributed by atoms with van der Waals surface area (Å²) in [4.78, 5) is 14.3. The van der Waals surface area contributed by atoms with Crippen LogP contribution in [0.5, 0.6) is 0 Å². The van der Waals surface area contributed by atoms with Gasteiger partial charge in [0.2, 0.25) is 0 Å². The number of piperidine rings is 1. The quantitative estimate of drug-likeness (QED) is 0.807. The minimum Gasteiger partial charge on any atom is -0.301 e. The predicted octanol–water partition coefficient (Wildman–Crippen LogP) is 0.555. The average Bonchev–Trinajstić information content (AvgIpc) is 3.04. The number of likely N-dealkylation sites (tertiary alicyclic amines) is 1. The van der Waals surface area contributed by atoms with Crippen LogP contribution in [0.3, 0.4) is 0 Å². The van der Waals surface area contributed by atoms with Gasteiger partial charge in [0.1, 0.15) is 0 Å². The summed E-state index contributed by atoms with van der Waals surface area (Å²) in [6, 6.07) is 3.38. The van der Waals surface area contributed by atoms with Crippen LogP contribution in [0.4, 0.5) is 0 Å². The molecule has 0 atom stereocenters. The number of aryl methyl sites for hydroxylation is 1. The third-order valence-corrected chi connectivity index (χ3v) is 4.26. The van der Waals surface area contributed by atoms with E-state index in [0.29, 0.717) is 5.92 Å². The van der Waals surface area contributed by atoms with E-state index in [9.17, 15) is 4.79 Å². The summed E-state index contributed by atoms with van der Waals surface area (Å²) >= 11 is 0. The van der Waals surface area contributed by atoms with Gasteiger partial charge in [0, 0.05) is 25.4 Å². The molecule has 0 saturated carbocycles. The van der Waals surface area contributed by atoms with Crippen LogP contribution >= 0.6 is 0 Å². The first-order chi connectivity index (χ1) is 10.7. The normalized spacial score (nSPS) is 17.0. The van der Waals surface area contributed by atoms with Crippen molar-refractivity contribution in [2.75, 3.05) is 19.6 Å². The summed E-state index contributed by atoms with van der Waals surface area (Å²) < 4.78 is 3.48. The van der Waals surface area contributed by atoms with E-state index in [-0.39, 0.29) is 5.56 Å². The molecule has 22 heavy (non-hydrogen) atoms. The van der Waals surface area contributed by atoms with Gasteiger partial charge in [-0.3, -0.25) is 9.48 Å². The van der Waals surface area contributed by atoms with Crippen molar-refractivity contribution in [3.63, 3.8) is 0 Å². The Kier molecular flexibility index (Phi) is 4.62. The van der Waals surface area contributed by atoms with Crippen LogP contribution in [-0.4, -0.2) is 49.3 Å². The number of nitrogens with zero attached hydrogens (tertiary/aromatic N) is 6. The van der Waals surface area contributed by atoms with Crippen LogP contribution in [0, 0.1) is 12.8 Å². The van der Waals surface area contributed by atoms with E-state index in [1.807, 2.05) is 17.8 Å². The van der Waals surface area contributed by atoms with Crippen LogP contribution in [0.1, 0.15) is 18.5 Å². The van der Waals surface area contributed by atoms with Crippen LogP contribution in [-0.2, 0) is 13.1 Å². The number of aromatic nitrogens is 5. The monoisotopic (exact) mass is 302 g/mol. The maximum Gasteiger partial charge on any atom is 0.266 e. The maximum absolute atomic E-state index is 11.8. The molecule has 118 valence electrons. The number of rotatable bonds is 5. The average molecular weight is 302 g/mol. The molecule has 0 N–H and O–H groups in total. The van der Waals surface area contributed by atoms with Crippen molar-refractivity contribution in [1.29, 1.82) is 0 Å². The lowest BCUT2D eigenvalue weighted by Gasteiger charge is -2.31. The smallest absolute Gasteiger partial charge is 0.266 e. The summed E-state index contributed by atoms with van der Waals surface area (Å²) in [7, 11) is 0. The number of hydrogen-bond acceptors (Lipinski definition) is 5. The SMILES string of the molecule is Cc1ccc(=O)n(CC2CCN(CCn3ccnn3)CC2)n1. The largest absolute Gasteiger partial charge is 0.301 e. The molecule has 0 amide bonds. The molecule has 0 spiro atoms. The molecule has 0 unspecified atom stereocenters. The van der Waals surface area contributed by atoms with Gasteiger partial charge >= 0.3 is 0 Å². The molecule has 2 aromatic heterocycles. The molecule has 7 heteroatoms. The number of hydrogen-bond donors (Lipinski definition) is 0. The Morgan fingerprint density at radius 1 is 1.23 bits per heavy atom.